The van der Waals surface area contributed by atoms with E-state index in [9.17, 15) is 14.4 Å². The number of para-hydroxylation sites is 1. The average Bonchev–Trinajstić information content (AvgIpc) is 2.86. The van der Waals surface area contributed by atoms with Gasteiger partial charge in [0.05, 0.1) is 25.1 Å². The van der Waals surface area contributed by atoms with Gasteiger partial charge in [0.15, 0.2) is 0 Å². The number of aliphatic carboxylic acids is 1. The van der Waals surface area contributed by atoms with Crippen LogP contribution in [0.4, 0.5) is 21.9 Å². The van der Waals surface area contributed by atoms with Gasteiger partial charge in [-0.1, -0.05) is 43.3 Å². The molecule has 1 unspecified atom stereocenters. The van der Waals surface area contributed by atoms with E-state index in [1.807, 2.05) is 55.5 Å². The Bertz CT molecular complexity index is 1260. The molecule has 4 N–H and O–H groups in total. The number of carboxylic acids is 1. The maximum absolute atomic E-state index is 12.7. The van der Waals surface area contributed by atoms with Crippen LogP contribution in [0.15, 0.2) is 66.7 Å². The molecule has 37 heavy (non-hydrogen) atoms. The minimum Gasteiger partial charge on any atom is -0.495 e. The molecule has 0 bridgehead atoms. The van der Waals surface area contributed by atoms with Gasteiger partial charge in [0.25, 0.3) is 0 Å². The Hall–Kier alpha value is -4.33. The first-order valence-electron chi connectivity index (χ1n) is 12.2. The molecule has 8 heteroatoms. The van der Waals surface area contributed by atoms with Gasteiger partial charge in [-0.05, 0) is 73.2 Å². The molecule has 3 aromatic rings. The molecule has 0 saturated heterocycles. The molecule has 0 aromatic heterocycles. The van der Waals surface area contributed by atoms with Gasteiger partial charge in [0, 0.05) is 11.4 Å². The molecule has 0 aliphatic heterocycles. The summed E-state index contributed by atoms with van der Waals surface area (Å²) in [5.74, 6) is -0.893. The quantitative estimate of drug-likeness (QED) is 0.261. The van der Waals surface area contributed by atoms with Crippen LogP contribution in [0.2, 0.25) is 0 Å². The summed E-state index contributed by atoms with van der Waals surface area (Å²) in [6.45, 7) is 3.62. The predicted molar refractivity (Wildman–Crippen MR) is 145 cm³/mol. The molecule has 8 nitrogen and oxygen atoms in total. The molecule has 3 aromatic carbocycles. The summed E-state index contributed by atoms with van der Waals surface area (Å²) in [5.41, 5.74) is 4.61. The Kier molecular flexibility index (Phi) is 9.66. The van der Waals surface area contributed by atoms with Gasteiger partial charge in [-0.3, -0.25) is 9.59 Å². The number of anilines is 3. The standard InChI is InChI=1S/C29H33N3O5/c1-19-8-4-5-13-24(19)31-29(36)32-25-15-14-22(17-26(25)37-3)18-27(33)30-23-12-7-11-21(16-23)10-6-9-20(2)28(34)35/h4-5,7-8,11-17,20H,6,9-10,18H2,1-3H3,(H,30,33)(H,34,35)(H2,31,32,36). The van der Waals surface area contributed by atoms with Gasteiger partial charge < -0.3 is 25.8 Å². The zero-order chi connectivity index (χ0) is 26.8. The number of amides is 3. The second kappa shape index (κ2) is 13.1. The number of carboxylic acid groups (broad SMARTS) is 1. The maximum atomic E-state index is 12.7. The van der Waals surface area contributed by atoms with Crippen molar-refractivity contribution in [2.24, 2.45) is 5.92 Å². The third-order valence-electron chi connectivity index (χ3n) is 6.01. The number of carbonyl (C=O) groups is 3. The zero-order valence-electron chi connectivity index (χ0n) is 21.3. The second-order valence-corrected chi connectivity index (χ2v) is 8.99. The van der Waals surface area contributed by atoms with Crippen molar-refractivity contribution in [2.75, 3.05) is 23.1 Å². The number of hydrogen-bond donors (Lipinski definition) is 4. The van der Waals surface area contributed by atoms with Crippen LogP contribution in [-0.2, 0) is 22.4 Å². The first-order valence-corrected chi connectivity index (χ1v) is 12.2. The van der Waals surface area contributed by atoms with Gasteiger partial charge in [0.2, 0.25) is 5.91 Å². The van der Waals surface area contributed by atoms with E-state index in [0.717, 1.165) is 29.5 Å². The zero-order valence-corrected chi connectivity index (χ0v) is 21.3. The van der Waals surface area contributed by atoms with Crippen LogP contribution in [0.3, 0.4) is 0 Å². The Morgan fingerprint density at radius 1 is 0.892 bits per heavy atom. The number of carbonyl (C=O) groups excluding carboxylic acids is 2. The first kappa shape index (κ1) is 27.3. The van der Waals surface area contributed by atoms with E-state index in [-0.39, 0.29) is 18.2 Å². The number of hydrogen-bond acceptors (Lipinski definition) is 4. The van der Waals surface area contributed by atoms with Crippen molar-refractivity contribution >= 4 is 35.0 Å². The summed E-state index contributed by atoms with van der Waals surface area (Å²) in [6.07, 6.45) is 2.23. The van der Waals surface area contributed by atoms with Crippen LogP contribution in [-0.4, -0.2) is 30.1 Å². The van der Waals surface area contributed by atoms with E-state index in [1.54, 1.807) is 25.1 Å². The van der Waals surface area contributed by atoms with Crippen LogP contribution >= 0.6 is 0 Å². The number of aryl methyl sites for hydroxylation is 2. The third-order valence-corrected chi connectivity index (χ3v) is 6.01. The van der Waals surface area contributed by atoms with Crippen molar-refractivity contribution in [3.8, 4) is 5.75 Å². The lowest BCUT2D eigenvalue weighted by atomic mass is 10.0. The number of rotatable bonds is 11. The minimum absolute atomic E-state index is 0.131. The monoisotopic (exact) mass is 503 g/mol. The van der Waals surface area contributed by atoms with E-state index < -0.39 is 12.0 Å². The van der Waals surface area contributed by atoms with Crippen LogP contribution in [0.1, 0.15) is 36.5 Å². The number of ether oxygens (including phenoxy) is 1. The van der Waals surface area contributed by atoms with Crippen molar-refractivity contribution in [3.63, 3.8) is 0 Å². The Morgan fingerprint density at radius 3 is 2.38 bits per heavy atom. The van der Waals surface area contributed by atoms with Gasteiger partial charge >= 0.3 is 12.0 Å². The van der Waals surface area contributed by atoms with E-state index in [2.05, 4.69) is 16.0 Å². The van der Waals surface area contributed by atoms with Crippen molar-refractivity contribution in [1.82, 2.24) is 0 Å². The summed E-state index contributed by atoms with van der Waals surface area (Å²) in [4.78, 5) is 36.1. The van der Waals surface area contributed by atoms with Gasteiger partial charge in [-0.2, -0.15) is 0 Å². The van der Waals surface area contributed by atoms with Gasteiger partial charge in [-0.25, -0.2) is 4.79 Å². The largest absolute Gasteiger partial charge is 0.495 e. The van der Waals surface area contributed by atoms with Crippen molar-refractivity contribution in [3.05, 3.63) is 83.4 Å². The Labute approximate surface area is 217 Å². The van der Waals surface area contributed by atoms with E-state index >= 15 is 0 Å². The number of nitrogens with one attached hydrogen (secondary N) is 3. The fourth-order valence-electron chi connectivity index (χ4n) is 3.87. The Balaban J connectivity index is 1.56. The molecule has 0 aliphatic rings. The second-order valence-electron chi connectivity index (χ2n) is 8.99. The molecular formula is C29H33N3O5. The third kappa shape index (κ3) is 8.38. The van der Waals surface area contributed by atoms with E-state index in [4.69, 9.17) is 9.84 Å². The molecule has 0 saturated carbocycles. The van der Waals surface area contributed by atoms with Gasteiger partial charge in [-0.15, -0.1) is 0 Å². The predicted octanol–water partition coefficient (Wildman–Crippen LogP) is 5.87. The average molecular weight is 504 g/mol. The molecule has 1 atom stereocenters. The molecule has 0 heterocycles. The Morgan fingerprint density at radius 2 is 1.65 bits per heavy atom. The first-order chi connectivity index (χ1) is 17.7. The number of methoxy groups -OCH3 is 1. The van der Waals surface area contributed by atoms with Crippen LogP contribution in [0.25, 0.3) is 0 Å². The highest BCUT2D eigenvalue weighted by Crippen LogP contribution is 2.26. The highest BCUT2D eigenvalue weighted by molar-refractivity contribution is 6.01. The maximum Gasteiger partial charge on any atom is 0.323 e. The highest BCUT2D eigenvalue weighted by Gasteiger charge is 2.13. The highest BCUT2D eigenvalue weighted by atomic mass is 16.5. The number of benzene rings is 3. The lowest BCUT2D eigenvalue weighted by molar-refractivity contribution is -0.141. The van der Waals surface area contributed by atoms with E-state index in [1.165, 1.54) is 7.11 Å². The molecule has 0 radical (unpaired) electrons. The molecular weight excluding hydrogens is 470 g/mol. The topological polar surface area (TPSA) is 117 Å². The van der Waals surface area contributed by atoms with E-state index in [0.29, 0.717) is 29.2 Å². The lowest BCUT2D eigenvalue weighted by Crippen LogP contribution is -2.20. The van der Waals surface area contributed by atoms with Crippen molar-refractivity contribution in [1.29, 1.82) is 0 Å². The van der Waals surface area contributed by atoms with Gasteiger partial charge in [0.1, 0.15) is 5.75 Å². The number of urea groups is 1. The van der Waals surface area contributed by atoms with Crippen molar-refractivity contribution < 1.29 is 24.2 Å². The van der Waals surface area contributed by atoms with Crippen LogP contribution in [0, 0.1) is 12.8 Å². The van der Waals surface area contributed by atoms with Crippen molar-refractivity contribution in [2.45, 2.75) is 39.5 Å². The minimum atomic E-state index is -0.785. The molecule has 194 valence electrons. The van der Waals surface area contributed by atoms with Crippen LogP contribution in [0.5, 0.6) is 5.75 Å². The summed E-state index contributed by atoms with van der Waals surface area (Å²) in [7, 11) is 1.51. The molecule has 3 amide bonds. The summed E-state index contributed by atoms with van der Waals surface area (Å²) in [5, 5.41) is 17.5. The summed E-state index contributed by atoms with van der Waals surface area (Å²) < 4.78 is 5.43. The smallest absolute Gasteiger partial charge is 0.323 e. The normalized spacial score (nSPS) is 11.3. The summed E-state index contributed by atoms with van der Waals surface area (Å²) in [6, 6.07) is 19.9. The molecule has 0 aliphatic carbocycles. The fraction of sp³-hybridized carbons (Fsp3) is 0.276. The fourth-order valence-corrected chi connectivity index (χ4v) is 3.87. The SMILES string of the molecule is COc1cc(CC(=O)Nc2cccc(CCCC(C)C(=O)O)c2)ccc1NC(=O)Nc1ccccc1C. The summed E-state index contributed by atoms with van der Waals surface area (Å²) >= 11 is 0. The molecule has 0 fully saturated rings. The lowest BCUT2D eigenvalue weighted by Gasteiger charge is -2.14. The van der Waals surface area contributed by atoms with Crippen LogP contribution < -0.4 is 20.7 Å². The molecule has 0 spiro atoms. The molecule has 3 rings (SSSR count).